The van der Waals surface area contributed by atoms with Crippen LogP contribution in [0, 0.1) is 0 Å². The van der Waals surface area contributed by atoms with E-state index in [1.807, 2.05) is 30.3 Å². The first kappa shape index (κ1) is 13.7. The highest BCUT2D eigenvalue weighted by molar-refractivity contribution is 7.83. The molecule has 0 heterocycles. The maximum absolute atomic E-state index is 5.75. The van der Waals surface area contributed by atoms with Crippen LogP contribution in [0.5, 0.6) is 5.75 Å². The zero-order chi connectivity index (χ0) is 13.0. The van der Waals surface area contributed by atoms with Crippen molar-refractivity contribution in [3.8, 4) is 5.75 Å². The molecule has 0 saturated carbocycles. The lowest BCUT2D eigenvalue weighted by atomic mass is 10.2. The van der Waals surface area contributed by atoms with Crippen molar-refractivity contribution >= 4 is 37.9 Å². The molecule has 0 aliphatic rings. The summed E-state index contributed by atoms with van der Waals surface area (Å²) in [6.45, 7) is 0.600. The molecule has 0 fully saturated rings. The topological polar surface area (TPSA) is 9.23 Å². The minimum Gasteiger partial charge on any atom is -0.491 e. The van der Waals surface area contributed by atoms with Gasteiger partial charge in [-0.3, -0.25) is 0 Å². The summed E-state index contributed by atoms with van der Waals surface area (Å²) in [5, 5.41) is 0. The van der Waals surface area contributed by atoms with Gasteiger partial charge in [0.25, 0.3) is 0 Å². The predicted octanol–water partition coefficient (Wildman–Crippen LogP) is 4.17. The SMILES string of the molecule is Sc1ccc(S)c(OCCc2ccccc2)c1S. The van der Waals surface area contributed by atoms with Crippen molar-refractivity contribution in [2.75, 3.05) is 6.61 Å². The van der Waals surface area contributed by atoms with Gasteiger partial charge in [0.2, 0.25) is 0 Å². The quantitative estimate of drug-likeness (QED) is 0.717. The summed E-state index contributed by atoms with van der Waals surface area (Å²) in [6.07, 6.45) is 0.859. The molecule has 0 saturated heterocycles. The highest BCUT2D eigenvalue weighted by Gasteiger charge is 2.08. The first-order chi connectivity index (χ1) is 8.68. The Hall–Kier alpha value is -0.710. The third-order valence-corrected chi connectivity index (χ3v) is 3.91. The Kier molecular flexibility index (Phi) is 4.92. The summed E-state index contributed by atoms with van der Waals surface area (Å²) >= 11 is 13.1. The van der Waals surface area contributed by atoms with Gasteiger partial charge in [-0.1, -0.05) is 30.3 Å². The molecule has 0 bridgehead atoms. The van der Waals surface area contributed by atoms with Crippen LogP contribution in [0.2, 0.25) is 0 Å². The molecule has 2 aromatic rings. The second-order valence-electron chi connectivity index (χ2n) is 3.87. The zero-order valence-electron chi connectivity index (χ0n) is 9.71. The summed E-state index contributed by atoms with van der Waals surface area (Å²) in [4.78, 5) is 2.32. The van der Waals surface area contributed by atoms with E-state index in [2.05, 4.69) is 50.0 Å². The number of ether oxygens (including phenoxy) is 1. The Balaban J connectivity index is 2.01. The van der Waals surface area contributed by atoms with E-state index in [1.54, 1.807) is 0 Å². The van der Waals surface area contributed by atoms with Crippen molar-refractivity contribution < 1.29 is 4.74 Å². The van der Waals surface area contributed by atoms with Crippen molar-refractivity contribution in [1.82, 2.24) is 0 Å². The molecule has 0 aliphatic carbocycles. The molecule has 0 spiro atoms. The first-order valence-corrected chi connectivity index (χ1v) is 6.93. The average Bonchev–Trinajstić information content (AvgIpc) is 2.39. The molecule has 0 aromatic heterocycles. The van der Waals surface area contributed by atoms with Gasteiger partial charge < -0.3 is 4.74 Å². The van der Waals surface area contributed by atoms with Crippen LogP contribution >= 0.6 is 37.9 Å². The predicted molar refractivity (Wildman–Crippen MR) is 83.8 cm³/mol. The number of rotatable bonds is 4. The molecule has 0 amide bonds. The van der Waals surface area contributed by atoms with Crippen LogP contribution in [0.25, 0.3) is 0 Å². The van der Waals surface area contributed by atoms with E-state index in [-0.39, 0.29) is 0 Å². The molecular weight excluding hydrogens is 280 g/mol. The molecule has 18 heavy (non-hydrogen) atoms. The first-order valence-electron chi connectivity index (χ1n) is 5.59. The number of hydrogen-bond donors (Lipinski definition) is 3. The van der Waals surface area contributed by atoms with Gasteiger partial charge in [-0.15, -0.1) is 37.9 Å². The normalized spacial score (nSPS) is 10.4. The van der Waals surface area contributed by atoms with Gasteiger partial charge in [-0.25, -0.2) is 0 Å². The van der Waals surface area contributed by atoms with E-state index < -0.39 is 0 Å². The van der Waals surface area contributed by atoms with E-state index >= 15 is 0 Å². The van der Waals surface area contributed by atoms with Gasteiger partial charge >= 0.3 is 0 Å². The number of benzene rings is 2. The molecule has 0 radical (unpaired) electrons. The molecule has 94 valence electrons. The number of thiol groups is 3. The van der Waals surface area contributed by atoms with Gasteiger partial charge in [-0.2, -0.15) is 0 Å². The van der Waals surface area contributed by atoms with Gasteiger partial charge in [0.05, 0.1) is 11.5 Å². The van der Waals surface area contributed by atoms with E-state index in [0.29, 0.717) is 12.4 Å². The molecule has 2 rings (SSSR count). The molecule has 2 aromatic carbocycles. The second kappa shape index (κ2) is 6.45. The highest BCUT2D eigenvalue weighted by atomic mass is 32.1. The Bertz CT molecular complexity index is 526. The van der Waals surface area contributed by atoms with Gasteiger partial charge in [0.15, 0.2) is 0 Å². The molecule has 0 aliphatic heterocycles. The van der Waals surface area contributed by atoms with Crippen molar-refractivity contribution in [3.05, 3.63) is 48.0 Å². The van der Waals surface area contributed by atoms with Crippen LogP contribution < -0.4 is 4.74 Å². The Labute approximate surface area is 124 Å². The average molecular weight is 294 g/mol. The summed E-state index contributed by atoms with van der Waals surface area (Å²) in [5.74, 6) is 0.699. The zero-order valence-corrected chi connectivity index (χ0v) is 12.4. The molecule has 0 unspecified atom stereocenters. The Morgan fingerprint density at radius 2 is 1.50 bits per heavy atom. The smallest absolute Gasteiger partial charge is 0.147 e. The van der Waals surface area contributed by atoms with Crippen molar-refractivity contribution in [1.29, 1.82) is 0 Å². The summed E-state index contributed by atoms with van der Waals surface area (Å²) in [7, 11) is 0. The fourth-order valence-electron chi connectivity index (χ4n) is 1.61. The highest BCUT2D eigenvalue weighted by Crippen LogP contribution is 2.34. The van der Waals surface area contributed by atoms with E-state index in [0.717, 1.165) is 21.1 Å². The molecular formula is C14H14OS3. The molecule has 0 atom stereocenters. The Morgan fingerprint density at radius 3 is 2.22 bits per heavy atom. The van der Waals surface area contributed by atoms with Crippen molar-refractivity contribution in [2.45, 2.75) is 21.1 Å². The van der Waals surface area contributed by atoms with Gasteiger partial charge in [0, 0.05) is 16.2 Å². The monoisotopic (exact) mass is 294 g/mol. The standard InChI is InChI=1S/C14H14OS3/c16-11-6-7-12(17)14(18)13(11)15-9-8-10-4-2-1-3-5-10/h1-7,16-18H,8-9H2. The maximum atomic E-state index is 5.75. The van der Waals surface area contributed by atoms with Crippen LogP contribution in [0.4, 0.5) is 0 Å². The van der Waals surface area contributed by atoms with Crippen LogP contribution in [0.15, 0.2) is 57.2 Å². The Morgan fingerprint density at radius 1 is 0.833 bits per heavy atom. The molecule has 0 N–H and O–H groups in total. The number of hydrogen-bond acceptors (Lipinski definition) is 4. The lowest BCUT2D eigenvalue weighted by molar-refractivity contribution is 0.305. The lowest BCUT2D eigenvalue weighted by Gasteiger charge is -2.12. The third-order valence-electron chi connectivity index (χ3n) is 2.57. The third kappa shape index (κ3) is 3.40. The minimum absolute atomic E-state index is 0.600. The summed E-state index contributed by atoms with van der Waals surface area (Å²) in [6, 6.07) is 14.0. The van der Waals surface area contributed by atoms with E-state index in [9.17, 15) is 0 Å². The van der Waals surface area contributed by atoms with E-state index in [4.69, 9.17) is 4.74 Å². The minimum atomic E-state index is 0.600. The van der Waals surface area contributed by atoms with Gasteiger partial charge in [0.1, 0.15) is 5.75 Å². The summed E-state index contributed by atoms with van der Waals surface area (Å²) < 4.78 is 5.75. The summed E-state index contributed by atoms with van der Waals surface area (Å²) in [5.41, 5.74) is 1.25. The van der Waals surface area contributed by atoms with Crippen LogP contribution in [0.1, 0.15) is 5.56 Å². The maximum Gasteiger partial charge on any atom is 0.147 e. The van der Waals surface area contributed by atoms with Crippen molar-refractivity contribution in [3.63, 3.8) is 0 Å². The lowest BCUT2D eigenvalue weighted by Crippen LogP contribution is -2.02. The molecule has 1 nitrogen and oxygen atoms in total. The van der Waals surface area contributed by atoms with Crippen LogP contribution in [0.3, 0.4) is 0 Å². The van der Waals surface area contributed by atoms with Crippen molar-refractivity contribution in [2.24, 2.45) is 0 Å². The second-order valence-corrected chi connectivity index (χ2v) is 5.28. The largest absolute Gasteiger partial charge is 0.491 e. The fraction of sp³-hybridized carbons (Fsp3) is 0.143. The van der Waals surface area contributed by atoms with E-state index in [1.165, 1.54) is 5.56 Å². The fourth-order valence-corrected chi connectivity index (χ4v) is 2.38. The van der Waals surface area contributed by atoms with Crippen LogP contribution in [-0.4, -0.2) is 6.61 Å². The van der Waals surface area contributed by atoms with Gasteiger partial charge in [-0.05, 0) is 17.7 Å². The van der Waals surface area contributed by atoms with Crippen LogP contribution in [-0.2, 0) is 6.42 Å². The molecule has 4 heteroatoms.